The standard InChI is InChI=1S/C8H4ClFN2/c9-7-5-12-8(10)4-6(7)2-1-3-11/h1-2,4-5H. The maximum atomic E-state index is 12.5. The Morgan fingerprint density at radius 3 is 3.08 bits per heavy atom. The van der Waals surface area contributed by atoms with E-state index < -0.39 is 5.95 Å². The average molecular weight is 183 g/mol. The number of nitriles is 1. The molecular weight excluding hydrogens is 179 g/mol. The van der Waals surface area contributed by atoms with E-state index in [2.05, 4.69) is 4.98 Å². The molecule has 0 unspecified atom stereocenters. The topological polar surface area (TPSA) is 36.7 Å². The molecule has 12 heavy (non-hydrogen) atoms. The Hall–Kier alpha value is -1.40. The molecule has 0 amide bonds. The van der Waals surface area contributed by atoms with Gasteiger partial charge in [0.2, 0.25) is 5.95 Å². The van der Waals surface area contributed by atoms with Gasteiger partial charge in [0.25, 0.3) is 0 Å². The zero-order valence-corrected chi connectivity index (χ0v) is 6.72. The molecule has 0 saturated carbocycles. The van der Waals surface area contributed by atoms with Gasteiger partial charge in [0.05, 0.1) is 11.1 Å². The summed E-state index contributed by atoms with van der Waals surface area (Å²) in [6, 6.07) is 2.94. The van der Waals surface area contributed by atoms with Gasteiger partial charge in [-0.15, -0.1) is 0 Å². The molecule has 0 atom stereocenters. The largest absolute Gasteiger partial charge is 0.227 e. The molecule has 0 aromatic carbocycles. The number of nitrogens with zero attached hydrogens (tertiary/aromatic N) is 2. The van der Waals surface area contributed by atoms with E-state index in [0.29, 0.717) is 10.6 Å². The molecule has 0 saturated heterocycles. The molecule has 2 nitrogen and oxygen atoms in total. The van der Waals surface area contributed by atoms with Crippen molar-refractivity contribution in [3.63, 3.8) is 0 Å². The summed E-state index contributed by atoms with van der Waals surface area (Å²) in [7, 11) is 0. The first-order valence-corrected chi connectivity index (χ1v) is 3.49. The highest BCUT2D eigenvalue weighted by molar-refractivity contribution is 6.31. The fraction of sp³-hybridized carbons (Fsp3) is 0. The van der Waals surface area contributed by atoms with Crippen molar-refractivity contribution in [1.29, 1.82) is 5.26 Å². The third kappa shape index (κ3) is 2.04. The van der Waals surface area contributed by atoms with E-state index >= 15 is 0 Å². The molecule has 0 fully saturated rings. The molecule has 4 heteroatoms. The van der Waals surface area contributed by atoms with E-state index in [4.69, 9.17) is 16.9 Å². The lowest BCUT2D eigenvalue weighted by atomic mass is 10.2. The van der Waals surface area contributed by atoms with Crippen molar-refractivity contribution in [1.82, 2.24) is 4.98 Å². The van der Waals surface area contributed by atoms with Gasteiger partial charge in [-0.05, 0) is 11.6 Å². The maximum Gasteiger partial charge on any atom is 0.213 e. The Morgan fingerprint density at radius 1 is 1.67 bits per heavy atom. The fourth-order valence-electron chi connectivity index (χ4n) is 0.682. The predicted molar refractivity (Wildman–Crippen MR) is 43.9 cm³/mol. The van der Waals surface area contributed by atoms with Crippen LogP contribution in [0.25, 0.3) is 6.08 Å². The highest BCUT2D eigenvalue weighted by Gasteiger charge is 1.98. The van der Waals surface area contributed by atoms with E-state index in [1.165, 1.54) is 18.3 Å². The first kappa shape index (κ1) is 8.69. The molecule has 1 aromatic heterocycles. The average Bonchev–Trinajstić information content (AvgIpc) is 2.07. The first-order valence-electron chi connectivity index (χ1n) is 3.11. The Bertz CT molecular complexity index is 355. The van der Waals surface area contributed by atoms with Crippen LogP contribution in [0.3, 0.4) is 0 Å². The van der Waals surface area contributed by atoms with Crippen LogP contribution >= 0.6 is 11.6 Å². The molecule has 1 rings (SSSR count). The summed E-state index contributed by atoms with van der Waals surface area (Å²) >= 11 is 5.64. The molecule has 0 aliphatic heterocycles. The molecule has 0 bridgehead atoms. The summed E-state index contributed by atoms with van der Waals surface area (Å²) in [5.74, 6) is -0.614. The molecule has 1 heterocycles. The van der Waals surface area contributed by atoms with E-state index in [1.807, 2.05) is 0 Å². The van der Waals surface area contributed by atoms with Crippen LogP contribution in [-0.4, -0.2) is 4.98 Å². The summed E-state index contributed by atoms with van der Waals surface area (Å²) in [4.78, 5) is 3.33. The maximum absolute atomic E-state index is 12.5. The normalized spacial score (nSPS) is 10.1. The summed E-state index contributed by atoms with van der Waals surface area (Å²) in [6.45, 7) is 0. The minimum Gasteiger partial charge on any atom is -0.227 e. The SMILES string of the molecule is N#CC=Cc1cc(F)ncc1Cl. The van der Waals surface area contributed by atoms with Crippen molar-refractivity contribution in [2.24, 2.45) is 0 Å². The van der Waals surface area contributed by atoms with Gasteiger partial charge in [-0.3, -0.25) is 0 Å². The molecule has 0 aliphatic carbocycles. The van der Waals surface area contributed by atoms with Crippen molar-refractivity contribution in [3.05, 3.63) is 34.9 Å². The lowest BCUT2D eigenvalue weighted by Crippen LogP contribution is -1.83. The summed E-state index contributed by atoms with van der Waals surface area (Å²) in [6.07, 6.45) is 3.85. The highest BCUT2D eigenvalue weighted by Crippen LogP contribution is 2.16. The third-order valence-electron chi connectivity index (χ3n) is 1.19. The smallest absolute Gasteiger partial charge is 0.213 e. The Balaban J connectivity index is 3.07. The van der Waals surface area contributed by atoms with Crippen LogP contribution in [0.2, 0.25) is 5.02 Å². The summed E-state index contributed by atoms with van der Waals surface area (Å²) < 4.78 is 12.5. The second-order valence-electron chi connectivity index (χ2n) is 1.99. The molecule has 0 radical (unpaired) electrons. The van der Waals surface area contributed by atoms with Gasteiger partial charge in [-0.25, -0.2) is 4.98 Å². The van der Waals surface area contributed by atoms with Crippen molar-refractivity contribution < 1.29 is 4.39 Å². The molecule has 0 spiro atoms. The molecular formula is C8H4ClFN2. The lowest BCUT2D eigenvalue weighted by Gasteiger charge is -1.95. The molecule has 0 N–H and O–H groups in total. The quantitative estimate of drug-likeness (QED) is 0.494. The van der Waals surface area contributed by atoms with Crippen LogP contribution < -0.4 is 0 Å². The van der Waals surface area contributed by atoms with Gasteiger partial charge in [0, 0.05) is 18.3 Å². The van der Waals surface area contributed by atoms with Crippen molar-refractivity contribution in [2.75, 3.05) is 0 Å². The van der Waals surface area contributed by atoms with E-state index in [0.717, 1.165) is 6.07 Å². The van der Waals surface area contributed by atoms with E-state index in [9.17, 15) is 4.39 Å². The molecule has 0 aliphatic rings. The van der Waals surface area contributed by atoms with Gasteiger partial charge in [-0.2, -0.15) is 9.65 Å². The number of allylic oxidation sites excluding steroid dienone is 1. The summed E-state index contributed by atoms with van der Waals surface area (Å²) in [5, 5.41) is 8.52. The van der Waals surface area contributed by atoms with Gasteiger partial charge in [0.1, 0.15) is 0 Å². The fourth-order valence-corrected chi connectivity index (χ4v) is 0.849. The molecule has 1 aromatic rings. The number of pyridine rings is 1. The van der Waals surface area contributed by atoms with Crippen molar-refractivity contribution >= 4 is 17.7 Å². The highest BCUT2D eigenvalue weighted by atomic mass is 35.5. The number of halogens is 2. The zero-order chi connectivity index (χ0) is 8.97. The van der Waals surface area contributed by atoms with E-state index in [1.54, 1.807) is 6.07 Å². The van der Waals surface area contributed by atoms with Crippen LogP contribution in [0.5, 0.6) is 0 Å². The first-order chi connectivity index (χ1) is 5.74. The van der Waals surface area contributed by atoms with Crippen LogP contribution in [0, 0.1) is 17.3 Å². The zero-order valence-electron chi connectivity index (χ0n) is 5.96. The predicted octanol–water partition coefficient (Wildman–Crippen LogP) is 2.41. The van der Waals surface area contributed by atoms with Crippen molar-refractivity contribution in [2.45, 2.75) is 0 Å². The van der Waals surface area contributed by atoms with Gasteiger partial charge in [0.15, 0.2) is 0 Å². The second kappa shape index (κ2) is 3.84. The summed E-state index contributed by atoms with van der Waals surface area (Å²) in [5.41, 5.74) is 0.450. The number of hydrogen-bond acceptors (Lipinski definition) is 2. The van der Waals surface area contributed by atoms with Crippen LogP contribution in [0.15, 0.2) is 18.3 Å². The van der Waals surface area contributed by atoms with Crippen molar-refractivity contribution in [3.8, 4) is 6.07 Å². The Kier molecular flexibility index (Phi) is 2.78. The second-order valence-corrected chi connectivity index (χ2v) is 2.40. The third-order valence-corrected chi connectivity index (χ3v) is 1.50. The number of rotatable bonds is 1. The lowest BCUT2D eigenvalue weighted by molar-refractivity contribution is 0.583. The van der Waals surface area contributed by atoms with Gasteiger partial charge < -0.3 is 0 Å². The number of aromatic nitrogens is 1. The minimum atomic E-state index is -0.614. The van der Waals surface area contributed by atoms with Crippen LogP contribution in [-0.2, 0) is 0 Å². The Morgan fingerprint density at radius 2 is 2.42 bits per heavy atom. The van der Waals surface area contributed by atoms with Crippen LogP contribution in [0.1, 0.15) is 5.56 Å². The van der Waals surface area contributed by atoms with Gasteiger partial charge >= 0.3 is 0 Å². The van der Waals surface area contributed by atoms with Crippen LogP contribution in [0.4, 0.5) is 4.39 Å². The van der Waals surface area contributed by atoms with Gasteiger partial charge in [-0.1, -0.05) is 11.6 Å². The monoisotopic (exact) mass is 182 g/mol. The minimum absolute atomic E-state index is 0.322. The van der Waals surface area contributed by atoms with E-state index in [-0.39, 0.29) is 0 Å². The molecule has 60 valence electrons. The Labute approximate surface area is 73.9 Å². The number of hydrogen-bond donors (Lipinski definition) is 0.